The first-order valence-corrected chi connectivity index (χ1v) is 4.40. The molecule has 0 atom stereocenters. The van der Waals surface area contributed by atoms with Gasteiger partial charge < -0.3 is 4.52 Å². The number of nitrogens with zero attached hydrogens (tertiary/aromatic N) is 2. The fourth-order valence-electron chi connectivity index (χ4n) is 1.36. The van der Waals surface area contributed by atoms with Crippen LogP contribution in [-0.2, 0) is 0 Å². The molecule has 0 aliphatic rings. The summed E-state index contributed by atoms with van der Waals surface area (Å²) >= 11 is 0. The molecule has 0 aromatic carbocycles. The van der Waals surface area contributed by atoms with Crippen LogP contribution in [0.3, 0.4) is 0 Å². The average molecular weight is 176 g/mol. The Bertz CT molecular complexity index is 431. The Morgan fingerprint density at radius 3 is 2.85 bits per heavy atom. The lowest BCUT2D eigenvalue weighted by Gasteiger charge is -2.04. The summed E-state index contributed by atoms with van der Waals surface area (Å²) in [5.41, 5.74) is 2.80. The molecule has 0 amide bonds. The third-order valence-corrected chi connectivity index (χ3v) is 2.12. The summed E-state index contributed by atoms with van der Waals surface area (Å²) in [6.07, 6.45) is 1.73. The van der Waals surface area contributed by atoms with Gasteiger partial charge in [-0.1, -0.05) is 19.0 Å². The highest BCUT2D eigenvalue weighted by Gasteiger charge is 2.08. The second-order valence-corrected chi connectivity index (χ2v) is 3.53. The summed E-state index contributed by atoms with van der Waals surface area (Å²) in [5.74, 6) is 0.443. The van der Waals surface area contributed by atoms with Gasteiger partial charge in [-0.25, -0.2) is 0 Å². The average Bonchev–Trinajstić information content (AvgIpc) is 2.51. The lowest BCUT2D eigenvalue weighted by molar-refractivity contribution is 0.453. The van der Waals surface area contributed by atoms with Gasteiger partial charge in [-0.3, -0.25) is 4.98 Å². The number of rotatable bonds is 1. The first-order valence-electron chi connectivity index (χ1n) is 4.40. The molecule has 0 unspecified atom stereocenters. The number of pyridine rings is 1. The van der Waals surface area contributed by atoms with E-state index in [0.29, 0.717) is 5.92 Å². The van der Waals surface area contributed by atoms with E-state index in [1.807, 2.05) is 13.0 Å². The molecular formula is C10H12N2O. The van der Waals surface area contributed by atoms with Gasteiger partial charge in [0.05, 0.1) is 11.9 Å². The first-order chi connectivity index (χ1) is 6.18. The standard InChI is InChI=1S/C10H12N2O/c1-6(2)9-4-8-5-11-13-10(8)7(3)12-9/h4-6H,1-3H3. The third kappa shape index (κ3) is 1.30. The molecule has 3 heteroatoms. The summed E-state index contributed by atoms with van der Waals surface area (Å²) < 4.78 is 5.07. The minimum absolute atomic E-state index is 0.443. The van der Waals surface area contributed by atoms with Gasteiger partial charge >= 0.3 is 0 Å². The van der Waals surface area contributed by atoms with Crippen LogP contribution in [0.15, 0.2) is 16.8 Å². The lowest BCUT2D eigenvalue weighted by Crippen LogP contribution is -1.94. The van der Waals surface area contributed by atoms with Crippen LogP contribution in [0.2, 0.25) is 0 Å². The van der Waals surface area contributed by atoms with Crippen LogP contribution in [0.25, 0.3) is 11.0 Å². The van der Waals surface area contributed by atoms with Crippen LogP contribution in [0, 0.1) is 6.92 Å². The van der Waals surface area contributed by atoms with Crippen molar-refractivity contribution in [1.82, 2.24) is 10.1 Å². The van der Waals surface area contributed by atoms with Crippen molar-refractivity contribution in [2.45, 2.75) is 26.7 Å². The molecule has 0 saturated carbocycles. The first kappa shape index (κ1) is 8.23. The van der Waals surface area contributed by atoms with E-state index < -0.39 is 0 Å². The highest BCUT2D eigenvalue weighted by atomic mass is 16.5. The zero-order chi connectivity index (χ0) is 9.42. The predicted molar refractivity (Wildman–Crippen MR) is 50.6 cm³/mol. The maximum Gasteiger partial charge on any atom is 0.187 e. The third-order valence-electron chi connectivity index (χ3n) is 2.12. The fraction of sp³-hybridized carbons (Fsp3) is 0.400. The Morgan fingerprint density at radius 2 is 2.15 bits per heavy atom. The Morgan fingerprint density at radius 1 is 1.38 bits per heavy atom. The van der Waals surface area contributed by atoms with Crippen LogP contribution < -0.4 is 0 Å². The van der Waals surface area contributed by atoms with Gasteiger partial charge in [0.15, 0.2) is 5.58 Å². The summed E-state index contributed by atoms with van der Waals surface area (Å²) in [4.78, 5) is 4.44. The molecule has 2 aromatic rings. The molecule has 13 heavy (non-hydrogen) atoms. The van der Waals surface area contributed by atoms with Crippen molar-refractivity contribution in [1.29, 1.82) is 0 Å². The number of aryl methyl sites for hydroxylation is 1. The Hall–Kier alpha value is -1.38. The van der Waals surface area contributed by atoms with Crippen LogP contribution in [0.5, 0.6) is 0 Å². The highest BCUT2D eigenvalue weighted by Crippen LogP contribution is 2.21. The monoisotopic (exact) mass is 176 g/mol. The molecule has 0 aliphatic heterocycles. The number of hydrogen-bond acceptors (Lipinski definition) is 3. The van der Waals surface area contributed by atoms with Gasteiger partial charge in [-0.05, 0) is 18.9 Å². The molecule has 0 saturated heterocycles. The van der Waals surface area contributed by atoms with Crippen LogP contribution in [0.4, 0.5) is 0 Å². The van der Waals surface area contributed by atoms with E-state index in [1.54, 1.807) is 6.20 Å². The minimum Gasteiger partial charge on any atom is -0.354 e. The molecule has 0 N–H and O–H groups in total. The molecule has 0 bridgehead atoms. The molecule has 2 rings (SSSR count). The van der Waals surface area contributed by atoms with E-state index in [2.05, 4.69) is 24.0 Å². The van der Waals surface area contributed by atoms with Gasteiger partial charge in [0.1, 0.15) is 0 Å². The van der Waals surface area contributed by atoms with Gasteiger partial charge in [0, 0.05) is 11.1 Å². The van der Waals surface area contributed by atoms with E-state index in [-0.39, 0.29) is 0 Å². The topological polar surface area (TPSA) is 38.9 Å². The summed E-state index contributed by atoms with van der Waals surface area (Å²) in [6, 6.07) is 2.03. The molecule has 0 fully saturated rings. The molecule has 2 heterocycles. The quantitative estimate of drug-likeness (QED) is 0.670. The highest BCUT2D eigenvalue weighted by molar-refractivity contribution is 5.78. The zero-order valence-corrected chi connectivity index (χ0v) is 8.03. The molecular weight excluding hydrogens is 164 g/mol. The van der Waals surface area contributed by atoms with Crippen molar-refractivity contribution in [3.05, 3.63) is 23.7 Å². The maximum atomic E-state index is 5.07. The lowest BCUT2D eigenvalue weighted by atomic mass is 10.1. The van der Waals surface area contributed by atoms with Gasteiger partial charge in [-0.2, -0.15) is 0 Å². The van der Waals surface area contributed by atoms with E-state index in [4.69, 9.17) is 4.52 Å². The summed E-state index contributed by atoms with van der Waals surface area (Å²) in [5, 5.41) is 4.79. The Balaban J connectivity index is 2.70. The van der Waals surface area contributed by atoms with Gasteiger partial charge in [-0.15, -0.1) is 0 Å². The number of aromatic nitrogens is 2. The van der Waals surface area contributed by atoms with E-state index >= 15 is 0 Å². The van der Waals surface area contributed by atoms with Crippen molar-refractivity contribution in [2.75, 3.05) is 0 Å². The van der Waals surface area contributed by atoms with Crippen LogP contribution in [-0.4, -0.2) is 10.1 Å². The summed E-state index contributed by atoms with van der Waals surface area (Å²) in [6.45, 7) is 6.20. The normalized spacial score (nSPS) is 11.4. The maximum absolute atomic E-state index is 5.07. The second-order valence-electron chi connectivity index (χ2n) is 3.53. The van der Waals surface area contributed by atoms with Crippen molar-refractivity contribution in [3.63, 3.8) is 0 Å². The zero-order valence-electron chi connectivity index (χ0n) is 8.03. The molecule has 0 spiro atoms. The minimum atomic E-state index is 0.443. The fourth-order valence-corrected chi connectivity index (χ4v) is 1.36. The number of hydrogen-bond donors (Lipinski definition) is 0. The molecule has 68 valence electrons. The number of fused-ring (bicyclic) bond motifs is 1. The predicted octanol–water partition coefficient (Wildman–Crippen LogP) is 2.65. The van der Waals surface area contributed by atoms with Gasteiger partial charge in [0.2, 0.25) is 0 Å². The Kier molecular flexibility index (Phi) is 1.79. The molecule has 2 aromatic heterocycles. The largest absolute Gasteiger partial charge is 0.354 e. The summed E-state index contributed by atoms with van der Waals surface area (Å²) in [7, 11) is 0. The van der Waals surface area contributed by atoms with Gasteiger partial charge in [0.25, 0.3) is 0 Å². The van der Waals surface area contributed by atoms with Crippen molar-refractivity contribution in [3.8, 4) is 0 Å². The second kappa shape index (κ2) is 2.83. The van der Waals surface area contributed by atoms with Crippen molar-refractivity contribution >= 4 is 11.0 Å². The molecule has 0 radical (unpaired) electrons. The van der Waals surface area contributed by atoms with Crippen molar-refractivity contribution in [2.24, 2.45) is 0 Å². The van der Waals surface area contributed by atoms with E-state index in [1.165, 1.54) is 0 Å². The SMILES string of the molecule is Cc1nc(C(C)C)cc2cnoc12. The smallest absolute Gasteiger partial charge is 0.187 e. The molecule has 3 nitrogen and oxygen atoms in total. The van der Waals surface area contributed by atoms with Crippen LogP contribution >= 0.6 is 0 Å². The van der Waals surface area contributed by atoms with Crippen molar-refractivity contribution < 1.29 is 4.52 Å². The molecule has 0 aliphatic carbocycles. The van der Waals surface area contributed by atoms with Crippen LogP contribution in [0.1, 0.15) is 31.2 Å². The Labute approximate surface area is 76.8 Å². The van der Waals surface area contributed by atoms with E-state index in [9.17, 15) is 0 Å². The van der Waals surface area contributed by atoms with E-state index in [0.717, 1.165) is 22.4 Å².